The summed E-state index contributed by atoms with van der Waals surface area (Å²) >= 11 is 7.50. The summed E-state index contributed by atoms with van der Waals surface area (Å²) in [5.41, 5.74) is 0.534. The van der Waals surface area contributed by atoms with Crippen molar-refractivity contribution in [1.29, 1.82) is 0 Å². The first-order chi connectivity index (χ1) is 9.43. The van der Waals surface area contributed by atoms with Crippen LogP contribution in [0.25, 0.3) is 0 Å². The van der Waals surface area contributed by atoms with Gasteiger partial charge >= 0.3 is 5.97 Å². The fourth-order valence-electron chi connectivity index (χ4n) is 1.67. The van der Waals surface area contributed by atoms with Gasteiger partial charge in [0.25, 0.3) is 5.91 Å². The summed E-state index contributed by atoms with van der Waals surface area (Å²) in [6.07, 6.45) is 0.436. The van der Waals surface area contributed by atoms with Crippen LogP contribution in [0.15, 0.2) is 23.1 Å². The number of halogens is 1. The van der Waals surface area contributed by atoms with E-state index in [1.165, 1.54) is 0 Å². The number of hydrogen-bond acceptors (Lipinski definition) is 3. The Bertz CT molecular complexity index is 493. The summed E-state index contributed by atoms with van der Waals surface area (Å²) in [5.74, 6) is -0.228. The Balaban J connectivity index is 2.75. The number of nitrogens with one attached hydrogen (secondary N) is 1. The molecule has 110 valence electrons. The minimum absolute atomic E-state index is 0.0353. The minimum Gasteiger partial charge on any atom is -0.481 e. The zero-order chi connectivity index (χ0) is 15.1. The van der Waals surface area contributed by atoms with Crippen molar-refractivity contribution in [2.24, 2.45) is 0 Å². The molecule has 0 aliphatic rings. The topological polar surface area (TPSA) is 66.4 Å². The van der Waals surface area contributed by atoms with Gasteiger partial charge in [-0.1, -0.05) is 18.5 Å². The molecule has 0 saturated heterocycles. The molecule has 0 radical (unpaired) electrons. The summed E-state index contributed by atoms with van der Waals surface area (Å²) < 4.78 is 0. The van der Waals surface area contributed by atoms with E-state index in [4.69, 9.17) is 16.7 Å². The van der Waals surface area contributed by atoms with E-state index in [1.807, 2.05) is 13.0 Å². The van der Waals surface area contributed by atoms with E-state index in [-0.39, 0.29) is 18.4 Å². The maximum atomic E-state index is 12.2. The number of amides is 1. The SMILES string of the molecule is CCSc1ccc(Cl)cc1C(=O)NC(C)CCC(=O)O. The van der Waals surface area contributed by atoms with Gasteiger partial charge in [-0.15, -0.1) is 11.8 Å². The lowest BCUT2D eigenvalue weighted by molar-refractivity contribution is -0.137. The molecule has 2 N–H and O–H groups in total. The van der Waals surface area contributed by atoms with Crippen LogP contribution >= 0.6 is 23.4 Å². The van der Waals surface area contributed by atoms with E-state index in [0.717, 1.165) is 10.6 Å². The van der Waals surface area contributed by atoms with Crippen molar-refractivity contribution in [3.8, 4) is 0 Å². The predicted octanol–water partition coefficient (Wildman–Crippen LogP) is 3.44. The molecule has 1 rings (SSSR count). The van der Waals surface area contributed by atoms with Crippen LogP contribution in [-0.2, 0) is 4.79 Å². The van der Waals surface area contributed by atoms with Crippen molar-refractivity contribution in [3.05, 3.63) is 28.8 Å². The summed E-state index contributed by atoms with van der Waals surface area (Å²) in [7, 11) is 0. The molecular weight excluding hydrogens is 298 g/mol. The van der Waals surface area contributed by atoms with Gasteiger partial charge < -0.3 is 10.4 Å². The fraction of sp³-hybridized carbons (Fsp3) is 0.429. The number of aliphatic carboxylic acids is 1. The highest BCUT2D eigenvalue weighted by Gasteiger charge is 2.15. The second-order valence-electron chi connectivity index (χ2n) is 4.38. The zero-order valence-corrected chi connectivity index (χ0v) is 13.1. The Morgan fingerprint density at radius 3 is 2.75 bits per heavy atom. The Kier molecular flexibility index (Phi) is 6.88. The molecular formula is C14H18ClNO3S. The molecule has 1 atom stereocenters. The second kappa shape index (κ2) is 8.17. The lowest BCUT2D eigenvalue weighted by atomic mass is 10.1. The third kappa shape index (κ3) is 5.43. The van der Waals surface area contributed by atoms with Gasteiger partial charge in [0.05, 0.1) is 5.56 Å². The lowest BCUT2D eigenvalue weighted by Crippen LogP contribution is -2.33. The summed E-state index contributed by atoms with van der Waals surface area (Å²) in [6, 6.07) is 5.02. The number of hydrogen-bond donors (Lipinski definition) is 2. The summed E-state index contributed by atoms with van der Waals surface area (Å²) in [4.78, 5) is 23.6. The molecule has 0 aromatic heterocycles. The number of carbonyl (C=O) groups is 2. The van der Waals surface area contributed by atoms with Gasteiger partial charge in [-0.3, -0.25) is 9.59 Å². The molecule has 0 spiro atoms. The molecule has 1 aromatic rings. The monoisotopic (exact) mass is 315 g/mol. The van der Waals surface area contributed by atoms with Crippen molar-refractivity contribution < 1.29 is 14.7 Å². The summed E-state index contributed by atoms with van der Waals surface area (Å²) in [5, 5.41) is 11.9. The van der Waals surface area contributed by atoms with Crippen LogP contribution in [0.4, 0.5) is 0 Å². The van der Waals surface area contributed by atoms with E-state index in [9.17, 15) is 9.59 Å². The average Bonchev–Trinajstić information content (AvgIpc) is 2.38. The van der Waals surface area contributed by atoms with E-state index in [0.29, 0.717) is 17.0 Å². The van der Waals surface area contributed by atoms with Gasteiger partial charge in [0, 0.05) is 22.4 Å². The lowest BCUT2D eigenvalue weighted by Gasteiger charge is -2.15. The molecule has 0 heterocycles. The average molecular weight is 316 g/mol. The Morgan fingerprint density at radius 2 is 2.15 bits per heavy atom. The number of carboxylic acids is 1. The maximum Gasteiger partial charge on any atom is 0.303 e. The van der Waals surface area contributed by atoms with Crippen LogP contribution in [0.3, 0.4) is 0 Å². The molecule has 20 heavy (non-hydrogen) atoms. The first kappa shape index (κ1) is 16.9. The zero-order valence-electron chi connectivity index (χ0n) is 11.5. The number of carboxylic acid groups (broad SMARTS) is 1. The molecule has 0 fully saturated rings. The van der Waals surface area contributed by atoms with Gasteiger partial charge in [-0.2, -0.15) is 0 Å². The minimum atomic E-state index is -0.865. The maximum absolute atomic E-state index is 12.2. The first-order valence-corrected chi connectivity index (χ1v) is 7.75. The van der Waals surface area contributed by atoms with Crippen LogP contribution in [0, 0.1) is 0 Å². The standard InChI is InChI=1S/C14H18ClNO3S/c1-3-20-12-6-5-10(15)8-11(12)14(19)16-9(2)4-7-13(17)18/h5-6,8-9H,3-4,7H2,1-2H3,(H,16,19)(H,17,18). The third-order valence-electron chi connectivity index (χ3n) is 2.65. The smallest absolute Gasteiger partial charge is 0.303 e. The highest BCUT2D eigenvalue weighted by Crippen LogP contribution is 2.25. The van der Waals surface area contributed by atoms with Crippen LogP contribution in [0.2, 0.25) is 5.02 Å². The molecule has 1 unspecified atom stereocenters. The normalized spacial score (nSPS) is 11.9. The van der Waals surface area contributed by atoms with Crippen molar-refractivity contribution in [2.45, 2.75) is 37.6 Å². The number of rotatable bonds is 7. The predicted molar refractivity (Wildman–Crippen MR) is 81.6 cm³/mol. The molecule has 0 aliphatic heterocycles. The Labute approximate surface area is 127 Å². The molecule has 0 saturated carbocycles. The highest BCUT2D eigenvalue weighted by atomic mass is 35.5. The largest absolute Gasteiger partial charge is 0.481 e. The van der Waals surface area contributed by atoms with Gasteiger partial charge in [0.15, 0.2) is 0 Å². The van der Waals surface area contributed by atoms with Crippen molar-refractivity contribution >= 4 is 35.2 Å². The summed E-state index contributed by atoms with van der Waals surface area (Å²) in [6.45, 7) is 3.80. The van der Waals surface area contributed by atoms with Gasteiger partial charge in [0.1, 0.15) is 0 Å². The quantitative estimate of drug-likeness (QED) is 0.756. The fourth-order valence-corrected chi connectivity index (χ4v) is 2.63. The van der Waals surface area contributed by atoms with Crippen LogP contribution in [0.1, 0.15) is 37.0 Å². The highest BCUT2D eigenvalue weighted by molar-refractivity contribution is 7.99. The van der Waals surface area contributed by atoms with E-state index >= 15 is 0 Å². The second-order valence-corrected chi connectivity index (χ2v) is 6.12. The number of benzene rings is 1. The molecule has 6 heteroatoms. The van der Waals surface area contributed by atoms with Crippen molar-refractivity contribution in [2.75, 3.05) is 5.75 Å². The van der Waals surface area contributed by atoms with E-state index in [2.05, 4.69) is 5.32 Å². The molecule has 4 nitrogen and oxygen atoms in total. The van der Waals surface area contributed by atoms with Gasteiger partial charge in [0.2, 0.25) is 0 Å². The first-order valence-electron chi connectivity index (χ1n) is 6.39. The molecule has 1 amide bonds. The van der Waals surface area contributed by atoms with Crippen LogP contribution in [-0.4, -0.2) is 28.8 Å². The van der Waals surface area contributed by atoms with Gasteiger partial charge in [-0.05, 0) is 37.3 Å². The number of carbonyl (C=O) groups excluding carboxylic acids is 1. The molecule has 1 aromatic carbocycles. The van der Waals surface area contributed by atoms with Crippen LogP contribution < -0.4 is 5.32 Å². The van der Waals surface area contributed by atoms with E-state index in [1.54, 1.807) is 30.8 Å². The van der Waals surface area contributed by atoms with Gasteiger partial charge in [-0.25, -0.2) is 0 Å². The molecule has 0 bridgehead atoms. The van der Waals surface area contributed by atoms with Crippen molar-refractivity contribution in [3.63, 3.8) is 0 Å². The molecule has 0 aliphatic carbocycles. The van der Waals surface area contributed by atoms with Crippen molar-refractivity contribution in [1.82, 2.24) is 5.32 Å². The van der Waals surface area contributed by atoms with E-state index < -0.39 is 5.97 Å². The Hall–Kier alpha value is -1.20. The third-order valence-corrected chi connectivity index (χ3v) is 3.85. The number of thioether (sulfide) groups is 1. The van der Waals surface area contributed by atoms with Crippen LogP contribution in [0.5, 0.6) is 0 Å². The Morgan fingerprint density at radius 1 is 1.45 bits per heavy atom.